The number of aromatic nitrogens is 6. The van der Waals surface area contributed by atoms with E-state index in [9.17, 15) is 4.79 Å². The van der Waals surface area contributed by atoms with Crippen molar-refractivity contribution in [3.8, 4) is 0 Å². The number of imidazole rings is 1. The molecular weight excluding hydrogens is 354 g/mol. The van der Waals surface area contributed by atoms with Crippen molar-refractivity contribution < 1.29 is 0 Å². The van der Waals surface area contributed by atoms with Crippen molar-refractivity contribution in [2.45, 2.75) is 44.8 Å². The van der Waals surface area contributed by atoms with Crippen LogP contribution in [0.25, 0.3) is 22.2 Å². The second-order valence-electron chi connectivity index (χ2n) is 7.54. The summed E-state index contributed by atoms with van der Waals surface area (Å²) < 4.78 is 3.51. The molecule has 1 N–H and O–H groups in total. The Balaban J connectivity index is 1.38. The molecular formula is C20H21N7O. The fraction of sp³-hybridized carbons (Fsp3) is 0.350. The van der Waals surface area contributed by atoms with E-state index in [1.807, 2.05) is 44.3 Å². The van der Waals surface area contributed by atoms with Crippen LogP contribution in [0.2, 0.25) is 0 Å². The molecule has 0 spiro atoms. The number of rotatable bonds is 4. The van der Waals surface area contributed by atoms with E-state index < -0.39 is 0 Å². The highest BCUT2D eigenvalue weighted by Gasteiger charge is 2.34. The van der Waals surface area contributed by atoms with Crippen LogP contribution in [0.5, 0.6) is 0 Å². The predicted octanol–water partition coefficient (Wildman–Crippen LogP) is 2.93. The summed E-state index contributed by atoms with van der Waals surface area (Å²) in [5.41, 5.74) is 2.19. The van der Waals surface area contributed by atoms with E-state index in [4.69, 9.17) is 0 Å². The molecule has 3 heterocycles. The minimum Gasteiger partial charge on any atom is -0.351 e. The molecule has 8 nitrogen and oxygen atoms in total. The Kier molecular flexibility index (Phi) is 3.85. The molecule has 142 valence electrons. The Morgan fingerprint density at radius 3 is 2.61 bits per heavy atom. The van der Waals surface area contributed by atoms with E-state index in [2.05, 4.69) is 25.3 Å². The Bertz CT molecular complexity index is 1220. The summed E-state index contributed by atoms with van der Waals surface area (Å²) in [6, 6.07) is 8.28. The summed E-state index contributed by atoms with van der Waals surface area (Å²) in [5.74, 6) is 0.624. The molecule has 1 saturated carbocycles. The van der Waals surface area contributed by atoms with Gasteiger partial charge in [0.25, 0.3) is 0 Å². The summed E-state index contributed by atoms with van der Waals surface area (Å²) in [5, 5.41) is 4.41. The van der Waals surface area contributed by atoms with E-state index in [0.29, 0.717) is 17.2 Å². The van der Waals surface area contributed by atoms with Crippen LogP contribution in [-0.2, 0) is 0 Å². The summed E-state index contributed by atoms with van der Waals surface area (Å²) >= 11 is 0. The Morgan fingerprint density at radius 2 is 1.82 bits per heavy atom. The van der Waals surface area contributed by atoms with Crippen LogP contribution in [0.1, 0.15) is 38.8 Å². The Morgan fingerprint density at radius 1 is 1.07 bits per heavy atom. The first-order chi connectivity index (χ1) is 13.6. The molecule has 0 saturated heterocycles. The van der Waals surface area contributed by atoms with Gasteiger partial charge < -0.3 is 5.32 Å². The summed E-state index contributed by atoms with van der Waals surface area (Å²) in [6.07, 6.45) is 6.75. The zero-order valence-corrected chi connectivity index (χ0v) is 15.8. The quantitative estimate of drug-likeness (QED) is 0.590. The third-order valence-corrected chi connectivity index (χ3v) is 5.35. The van der Waals surface area contributed by atoms with Crippen molar-refractivity contribution in [1.82, 2.24) is 29.1 Å². The number of anilines is 1. The van der Waals surface area contributed by atoms with Crippen LogP contribution in [-0.4, -0.2) is 35.1 Å². The lowest BCUT2D eigenvalue weighted by Gasteiger charge is -2.36. The topological polar surface area (TPSA) is 90.5 Å². The number of nitrogens with one attached hydrogen (secondary N) is 1. The molecule has 0 unspecified atom stereocenters. The van der Waals surface area contributed by atoms with E-state index >= 15 is 0 Å². The van der Waals surface area contributed by atoms with Gasteiger partial charge in [-0.05, 0) is 32.8 Å². The number of nitrogens with zero attached hydrogens (tertiary/aromatic N) is 6. The van der Waals surface area contributed by atoms with Crippen LogP contribution < -0.4 is 11.0 Å². The maximum absolute atomic E-state index is 13.0. The van der Waals surface area contributed by atoms with Crippen molar-refractivity contribution >= 4 is 28.1 Å². The summed E-state index contributed by atoms with van der Waals surface area (Å²) in [7, 11) is 0. The van der Waals surface area contributed by atoms with Crippen LogP contribution in [0, 0.1) is 0 Å². The molecule has 0 aliphatic heterocycles. The van der Waals surface area contributed by atoms with E-state index in [-0.39, 0.29) is 23.8 Å². The van der Waals surface area contributed by atoms with Crippen LogP contribution in [0.15, 0.2) is 47.7 Å². The second-order valence-corrected chi connectivity index (χ2v) is 7.54. The number of para-hydroxylation sites is 1. The number of benzene rings is 1. The van der Waals surface area contributed by atoms with Gasteiger partial charge in [-0.25, -0.2) is 24.7 Å². The molecule has 0 radical (unpaired) electrons. The highest BCUT2D eigenvalue weighted by atomic mass is 16.2. The van der Waals surface area contributed by atoms with Crippen molar-refractivity contribution in [3.05, 3.63) is 53.3 Å². The molecule has 0 amide bonds. The fourth-order valence-corrected chi connectivity index (χ4v) is 3.90. The van der Waals surface area contributed by atoms with E-state index in [1.165, 1.54) is 0 Å². The monoisotopic (exact) mass is 375 g/mol. The third-order valence-electron chi connectivity index (χ3n) is 5.35. The lowest BCUT2D eigenvalue weighted by atomic mass is 9.86. The largest absolute Gasteiger partial charge is 0.351 e. The lowest BCUT2D eigenvalue weighted by Crippen LogP contribution is -2.41. The van der Waals surface area contributed by atoms with Gasteiger partial charge in [0.15, 0.2) is 11.3 Å². The standard InChI is InChI=1S/C20H21N7O/c1-12(2)26-17-18(22-8-7-21-17)27(20(26)28)15-9-14(10-15)24-19-23-11-13-5-3-4-6-16(13)25-19/h3-8,11-12,14-15H,9-10H2,1-2H3,(H,23,24,25). The molecule has 1 fully saturated rings. The Labute approximate surface area is 161 Å². The lowest BCUT2D eigenvalue weighted by molar-refractivity contribution is 0.278. The Hall–Kier alpha value is -3.29. The highest BCUT2D eigenvalue weighted by molar-refractivity contribution is 5.78. The molecule has 4 aromatic rings. The van der Waals surface area contributed by atoms with Crippen molar-refractivity contribution in [1.29, 1.82) is 0 Å². The molecule has 0 atom stereocenters. The first kappa shape index (κ1) is 16.9. The van der Waals surface area contributed by atoms with Gasteiger partial charge in [-0.15, -0.1) is 0 Å². The van der Waals surface area contributed by atoms with Crippen LogP contribution in [0.3, 0.4) is 0 Å². The summed E-state index contributed by atoms with van der Waals surface area (Å²) in [4.78, 5) is 30.8. The maximum atomic E-state index is 13.0. The van der Waals surface area contributed by atoms with Crippen molar-refractivity contribution in [3.63, 3.8) is 0 Å². The number of hydrogen-bond acceptors (Lipinski definition) is 6. The van der Waals surface area contributed by atoms with Gasteiger partial charge in [0.05, 0.1) is 5.52 Å². The van der Waals surface area contributed by atoms with Crippen LogP contribution in [0.4, 0.5) is 5.95 Å². The van der Waals surface area contributed by atoms with Gasteiger partial charge in [-0.3, -0.25) is 9.13 Å². The van der Waals surface area contributed by atoms with Gasteiger partial charge in [-0.1, -0.05) is 18.2 Å². The van der Waals surface area contributed by atoms with Crippen LogP contribution >= 0.6 is 0 Å². The van der Waals surface area contributed by atoms with E-state index in [1.54, 1.807) is 21.5 Å². The smallest absolute Gasteiger partial charge is 0.332 e. The zero-order valence-electron chi connectivity index (χ0n) is 15.8. The molecule has 0 bridgehead atoms. The maximum Gasteiger partial charge on any atom is 0.332 e. The second kappa shape index (κ2) is 6.40. The van der Waals surface area contributed by atoms with Gasteiger partial charge in [0.1, 0.15) is 0 Å². The molecule has 3 aromatic heterocycles. The first-order valence-electron chi connectivity index (χ1n) is 9.53. The van der Waals surface area contributed by atoms with Gasteiger partial charge in [0.2, 0.25) is 5.95 Å². The average molecular weight is 375 g/mol. The normalized spacial score (nSPS) is 19.2. The fourth-order valence-electron chi connectivity index (χ4n) is 3.90. The molecule has 1 aromatic carbocycles. The first-order valence-corrected chi connectivity index (χ1v) is 9.53. The minimum atomic E-state index is -0.0402. The van der Waals surface area contributed by atoms with Crippen molar-refractivity contribution in [2.24, 2.45) is 0 Å². The van der Waals surface area contributed by atoms with Crippen molar-refractivity contribution in [2.75, 3.05) is 5.32 Å². The summed E-state index contributed by atoms with van der Waals surface area (Å²) in [6.45, 7) is 3.98. The van der Waals surface area contributed by atoms with Gasteiger partial charge >= 0.3 is 5.69 Å². The zero-order chi connectivity index (χ0) is 19.3. The average Bonchev–Trinajstić information content (AvgIpc) is 2.96. The predicted molar refractivity (Wildman–Crippen MR) is 107 cm³/mol. The number of fused-ring (bicyclic) bond motifs is 2. The minimum absolute atomic E-state index is 0.0351. The molecule has 28 heavy (non-hydrogen) atoms. The molecule has 1 aliphatic carbocycles. The highest BCUT2D eigenvalue weighted by Crippen LogP contribution is 2.35. The third kappa shape index (κ3) is 2.64. The molecule has 5 rings (SSSR count). The molecule has 8 heteroatoms. The van der Waals surface area contributed by atoms with E-state index in [0.717, 1.165) is 23.7 Å². The SMILES string of the molecule is CC(C)n1c(=O)n(C2CC(Nc3ncc4ccccc4n3)C2)c2nccnc21. The van der Waals surface area contributed by atoms with Gasteiger partial charge in [-0.2, -0.15) is 0 Å². The molecule has 1 aliphatic rings. The number of hydrogen-bond donors (Lipinski definition) is 1. The van der Waals surface area contributed by atoms with Gasteiger partial charge in [0, 0.05) is 42.1 Å².